The van der Waals surface area contributed by atoms with Gasteiger partial charge in [0.2, 0.25) is 5.91 Å². The summed E-state index contributed by atoms with van der Waals surface area (Å²) < 4.78 is 5.31. The predicted octanol–water partition coefficient (Wildman–Crippen LogP) is 5.05. The number of halogens is 1. The molecule has 2 rings (SSSR count). The highest BCUT2D eigenvalue weighted by Crippen LogP contribution is 2.33. The van der Waals surface area contributed by atoms with E-state index < -0.39 is 0 Å². The Morgan fingerprint density at radius 2 is 2.05 bits per heavy atom. The SMILES string of the molecule is COc1cc(Cl)c(C)cc1NC(=O)C(C)SC1CCCCC1. The molecule has 1 fully saturated rings. The lowest BCUT2D eigenvalue weighted by molar-refractivity contribution is -0.115. The van der Waals surface area contributed by atoms with Gasteiger partial charge in [-0.05, 0) is 38.3 Å². The van der Waals surface area contributed by atoms with Crippen LogP contribution in [0.25, 0.3) is 0 Å². The minimum absolute atomic E-state index is 0.0237. The highest BCUT2D eigenvalue weighted by molar-refractivity contribution is 8.01. The molecule has 22 heavy (non-hydrogen) atoms. The number of methoxy groups -OCH3 is 1. The molecule has 1 aliphatic rings. The lowest BCUT2D eigenvalue weighted by Crippen LogP contribution is -2.25. The van der Waals surface area contributed by atoms with Gasteiger partial charge in [-0.25, -0.2) is 0 Å². The van der Waals surface area contributed by atoms with Crippen LogP contribution in [0.4, 0.5) is 5.69 Å². The number of carbonyl (C=O) groups excluding carboxylic acids is 1. The maximum Gasteiger partial charge on any atom is 0.237 e. The third-order valence-electron chi connectivity index (χ3n) is 4.06. The molecule has 122 valence electrons. The van der Waals surface area contributed by atoms with Crippen LogP contribution in [0.5, 0.6) is 5.75 Å². The largest absolute Gasteiger partial charge is 0.495 e. The van der Waals surface area contributed by atoms with Crippen molar-refractivity contribution in [2.45, 2.75) is 56.5 Å². The average Bonchev–Trinajstić information content (AvgIpc) is 2.51. The van der Waals surface area contributed by atoms with Gasteiger partial charge in [0, 0.05) is 16.3 Å². The van der Waals surface area contributed by atoms with Crippen molar-refractivity contribution in [1.82, 2.24) is 0 Å². The summed E-state index contributed by atoms with van der Waals surface area (Å²) in [6.45, 7) is 3.89. The number of amides is 1. The predicted molar refractivity (Wildman–Crippen MR) is 95.3 cm³/mol. The van der Waals surface area contributed by atoms with E-state index >= 15 is 0 Å². The van der Waals surface area contributed by atoms with E-state index in [4.69, 9.17) is 16.3 Å². The topological polar surface area (TPSA) is 38.3 Å². The Labute approximate surface area is 142 Å². The monoisotopic (exact) mass is 341 g/mol. The van der Waals surface area contributed by atoms with Gasteiger partial charge in [0.1, 0.15) is 5.75 Å². The molecule has 1 aromatic rings. The Kier molecular flexibility index (Phi) is 6.45. The first-order valence-electron chi connectivity index (χ1n) is 7.81. The normalized spacial score (nSPS) is 17.1. The first-order valence-corrected chi connectivity index (χ1v) is 9.13. The molecule has 5 heteroatoms. The molecule has 1 N–H and O–H groups in total. The Morgan fingerprint density at radius 3 is 2.68 bits per heavy atom. The van der Waals surface area contributed by atoms with Crippen LogP contribution in [-0.2, 0) is 4.79 Å². The van der Waals surface area contributed by atoms with Crippen molar-refractivity contribution < 1.29 is 9.53 Å². The highest BCUT2D eigenvalue weighted by atomic mass is 35.5. The van der Waals surface area contributed by atoms with E-state index in [1.807, 2.05) is 19.9 Å². The highest BCUT2D eigenvalue weighted by Gasteiger charge is 2.22. The maximum absolute atomic E-state index is 12.4. The van der Waals surface area contributed by atoms with Crippen LogP contribution < -0.4 is 10.1 Å². The van der Waals surface area contributed by atoms with Crippen LogP contribution in [0.2, 0.25) is 5.02 Å². The van der Waals surface area contributed by atoms with E-state index in [0.29, 0.717) is 21.7 Å². The number of hydrogen-bond donors (Lipinski definition) is 1. The first-order chi connectivity index (χ1) is 10.5. The smallest absolute Gasteiger partial charge is 0.237 e. The van der Waals surface area contributed by atoms with Gasteiger partial charge in [0.15, 0.2) is 0 Å². The second-order valence-corrected chi connectivity index (χ2v) is 7.88. The van der Waals surface area contributed by atoms with Crippen molar-refractivity contribution >= 4 is 35.0 Å². The van der Waals surface area contributed by atoms with Crippen LogP contribution in [-0.4, -0.2) is 23.5 Å². The summed E-state index contributed by atoms with van der Waals surface area (Å²) in [5.41, 5.74) is 1.61. The van der Waals surface area contributed by atoms with E-state index in [9.17, 15) is 4.79 Å². The van der Waals surface area contributed by atoms with Crippen LogP contribution in [0.1, 0.15) is 44.6 Å². The van der Waals surface area contributed by atoms with Crippen molar-refractivity contribution in [1.29, 1.82) is 0 Å². The van der Waals surface area contributed by atoms with Crippen molar-refractivity contribution in [3.63, 3.8) is 0 Å². The number of hydrogen-bond acceptors (Lipinski definition) is 3. The molecule has 1 saturated carbocycles. The van der Waals surface area contributed by atoms with Gasteiger partial charge in [0.05, 0.1) is 18.0 Å². The average molecular weight is 342 g/mol. The molecule has 0 aliphatic heterocycles. The molecule has 0 heterocycles. The lowest BCUT2D eigenvalue weighted by Gasteiger charge is -2.24. The lowest BCUT2D eigenvalue weighted by atomic mass is 10.0. The van der Waals surface area contributed by atoms with E-state index in [0.717, 1.165) is 5.56 Å². The number of carbonyl (C=O) groups is 1. The molecular formula is C17H24ClNO2S. The number of rotatable bonds is 5. The fourth-order valence-corrected chi connectivity index (χ4v) is 4.23. The zero-order valence-corrected chi connectivity index (χ0v) is 15.0. The van der Waals surface area contributed by atoms with Gasteiger partial charge in [-0.1, -0.05) is 30.9 Å². The number of benzene rings is 1. The van der Waals surface area contributed by atoms with Gasteiger partial charge in [-0.15, -0.1) is 11.8 Å². The maximum atomic E-state index is 12.4. The number of ether oxygens (including phenoxy) is 1. The van der Waals surface area contributed by atoms with Gasteiger partial charge < -0.3 is 10.1 Å². The summed E-state index contributed by atoms with van der Waals surface area (Å²) in [5.74, 6) is 0.620. The second-order valence-electron chi connectivity index (χ2n) is 5.83. The summed E-state index contributed by atoms with van der Waals surface area (Å²) in [6, 6.07) is 3.60. The number of anilines is 1. The Balaban J connectivity index is 2.00. The van der Waals surface area contributed by atoms with Gasteiger partial charge in [-0.3, -0.25) is 4.79 Å². The molecule has 3 nitrogen and oxygen atoms in total. The number of thioether (sulfide) groups is 1. The van der Waals surface area contributed by atoms with Crippen molar-refractivity contribution in [2.24, 2.45) is 0 Å². The summed E-state index contributed by atoms with van der Waals surface area (Å²) in [4.78, 5) is 12.4. The fraction of sp³-hybridized carbons (Fsp3) is 0.588. The molecule has 0 saturated heterocycles. The van der Waals surface area contributed by atoms with Crippen LogP contribution in [0.3, 0.4) is 0 Å². The third-order valence-corrected chi connectivity index (χ3v) is 5.94. The molecular weight excluding hydrogens is 318 g/mol. The molecule has 1 unspecified atom stereocenters. The molecule has 0 aromatic heterocycles. The van der Waals surface area contributed by atoms with Gasteiger partial charge >= 0.3 is 0 Å². The summed E-state index contributed by atoms with van der Waals surface area (Å²) in [5, 5.41) is 4.16. The fourth-order valence-electron chi connectivity index (χ4n) is 2.72. The summed E-state index contributed by atoms with van der Waals surface area (Å²) in [6.07, 6.45) is 6.36. The molecule has 1 atom stereocenters. The van der Waals surface area contributed by atoms with E-state index in [1.165, 1.54) is 32.1 Å². The van der Waals surface area contributed by atoms with Crippen molar-refractivity contribution in [3.05, 3.63) is 22.7 Å². The Bertz CT molecular complexity index is 530. The molecule has 1 amide bonds. The molecule has 1 aliphatic carbocycles. The van der Waals surface area contributed by atoms with Crippen LogP contribution in [0.15, 0.2) is 12.1 Å². The van der Waals surface area contributed by atoms with Crippen molar-refractivity contribution in [3.8, 4) is 5.75 Å². The molecule has 1 aromatic carbocycles. The van der Waals surface area contributed by atoms with Crippen LogP contribution in [0, 0.1) is 6.92 Å². The Morgan fingerprint density at radius 1 is 1.36 bits per heavy atom. The summed E-state index contributed by atoms with van der Waals surface area (Å²) >= 11 is 7.89. The molecule has 0 radical (unpaired) electrons. The number of aryl methyl sites for hydroxylation is 1. The second kappa shape index (κ2) is 8.11. The molecule has 0 bridgehead atoms. The van der Waals surface area contributed by atoms with Crippen LogP contribution >= 0.6 is 23.4 Å². The third kappa shape index (κ3) is 4.56. The zero-order valence-electron chi connectivity index (χ0n) is 13.4. The van der Waals surface area contributed by atoms with E-state index in [2.05, 4.69) is 5.32 Å². The van der Waals surface area contributed by atoms with Gasteiger partial charge in [-0.2, -0.15) is 0 Å². The van der Waals surface area contributed by atoms with E-state index in [1.54, 1.807) is 24.9 Å². The minimum atomic E-state index is -0.0659. The standard InChI is InChI=1S/C17H24ClNO2S/c1-11-9-15(16(21-3)10-14(11)18)19-17(20)12(2)22-13-7-5-4-6-8-13/h9-10,12-13H,4-8H2,1-3H3,(H,19,20). The quantitative estimate of drug-likeness (QED) is 0.814. The van der Waals surface area contributed by atoms with Crippen molar-refractivity contribution in [2.75, 3.05) is 12.4 Å². The zero-order chi connectivity index (χ0) is 16.1. The van der Waals surface area contributed by atoms with E-state index in [-0.39, 0.29) is 11.2 Å². The minimum Gasteiger partial charge on any atom is -0.495 e. The van der Waals surface area contributed by atoms with Gasteiger partial charge in [0.25, 0.3) is 0 Å². The first kappa shape index (κ1) is 17.5. The number of nitrogens with one attached hydrogen (secondary N) is 1. The Hall–Kier alpha value is -0.870. The molecule has 0 spiro atoms. The summed E-state index contributed by atoms with van der Waals surface area (Å²) in [7, 11) is 1.58.